The molecule has 16 heavy (non-hydrogen) atoms. The lowest BCUT2D eigenvalue weighted by Crippen LogP contribution is -1.84. The molecule has 2 aromatic rings. The average molecular weight is 253 g/mol. The minimum atomic E-state index is 0.487. The third kappa shape index (κ3) is 2.52. The molecule has 0 aliphatic heterocycles. The number of allylic oxidation sites excluding steroid dienone is 1. The molecule has 0 spiro atoms. The zero-order valence-corrected chi connectivity index (χ0v) is 10.0. The normalized spacial score (nSPS) is 11.4. The minimum Gasteiger partial charge on any atom is -0.236 e. The molecule has 0 fully saturated rings. The van der Waals surface area contributed by atoms with Crippen molar-refractivity contribution in [1.82, 2.24) is 9.97 Å². The summed E-state index contributed by atoms with van der Waals surface area (Å²) >= 11 is 11.5. The van der Waals surface area contributed by atoms with E-state index in [1.54, 1.807) is 0 Å². The molecule has 1 aromatic carbocycles. The number of fused-ring (bicyclic) bond motifs is 1. The molecule has 0 aliphatic carbocycles. The lowest BCUT2D eigenvalue weighted by atomic mass is 10.1. The van der Waals surface area contributed by atoms with E-state index in [4.69, 9.17) is 23.2 Å². The molecule has 2 nitrogen and oxygen atoms in total. The van der Waals surface area contributed by atoms with E-state index in [-0.39, 0.29) is 0 Å². The first-order chi connectivity index (χ1) is 7.81. The summed E-state index contributed by atoms with van der Waals surface area (Å²) in [5.41, 5.74) is 1.94. The molecule has 1 heterocycles. The van der Waals surface area contributed by atoms with Crippen molar-refractivity contribution in [2.45, 2.75) is 6.42 Å². The quantitative estimate of drug-likeness (QED) is 0.611. The largest absolute Gasteiger partial charge is 0.236 e. The first-order valence-corrected chi connectivity index (χ1v) is 5.85. The van der Waals surface area contributed by atoms with Crippen LogP contribution >= 0.6 is 23.2 Å². The number of hydrogen-bond acceptors (Lipinski definition) is 2. The van der Waals surface area contributed by atoms with E-state index in [9.17, 15) is 0 Å². The monoisotopic (exact) mass is 252 g/mol. The van der Waals surface area contributed by atoms with E-state index in [0.29, 0.717) is 11.0 Å². The smallest absolute Gasteiger partial charge is 0.140 e. The van der Waals surface area contributed by atoms with Crippen molar-refractivity contribution in [2.75, 3.05) is 5.88 Å². The Hall–Kier alpha value is -1.12. The molecule has 0 saturated heterocycles. The van der Waals surface area contributed by atoms with Crippen LogP contribution in [0, 0.1) is 0 Å². The molecule has 0 radical (unpaired) electrons. The molecule has 1 aromatic heterocycles. The number of nitrogens with zero attached hydrogens (tertiary/aromatic N) is 2. The maximum absolute atomic E-state index is 5.95. The van der Waals surface area contributed by atoms with Crippen molar-refractivity contribution in [3.8, 4) is 0 Å². The third-order valence-corrected chi connectivity index (χ3v) is 2.72. The maximum Gasteiger partial charge on any atom is 0.140 e. The van der Waals surface area contributed by atoms with Gasteiger partial charge in [-0.05, 0) is 24.1 Å². The highest BCUT2D eigenvalue weighted by Crippen LogP contribution is 2.20. The Kier molecular flexibility index (Phi) is 3.75. The van der Waals surface area contributed by atoms with Gasteiger partial charge in [0.2, 0.25) is 0 Å². The number of benzene rings is 1. The second kappa shape index (κ2) is 5.28. The van der Waals surface area contributed by atoms with Crippen LogP contribution in [-0.4, -0.2) is 15.8 Å². The summed E-state index contributed by atoms with van der Waals surface area (Å²) in [4.78, 5) is 8.11. The van der Waals surface area contributed by atoms with Crippen LogP contribution in [0.15, 0.2) is 30.6 Å². The maximum atomic E-state index is 5.95. The second-order valence-electron chi connectivity index (χ2n) is 3.32. The van der Waals surface area contributed by atoms with E-state index in [1.807, 2.05) is 30.4 Å². The molecule has 0 amide bonds. The van der Waals surface area contributed by atoms with Gasteiger partial charge in [0.1, 0.15) is 11.5 Å². The molecule has 0 N–H and O–H groups in total. The summed E-state index contributed by atoms with van der Waals surface area (Å²) in [5, 5.41) is 1.36. The highest BCUT2D eigenvalue weighted by atomic mass is 35.5. The van der Waals surface area contributed by atoms with Gasteiger partial charge in [0, 0.05) is 11.3 Å². The Bertz CT molecular complexity index is 523. The summed E-state index contributed by atoms with van der Waals surface area (Å²) in [6.07, 6.45) is 6.40. The predicted molar refractivity (Wildman–Crippen MR) is 68.9 cm³/mol. The highest BCUT2D eigenvalue weighted by molar-refractivity contribution is 6.34. The fourth-order valence-corrected chi connectivity index (χ4v) is 1.76. The van der Waals surface area contributed by atoms with Gasteiger partial charge in [-0.1, -0.05) is 29.8 Å². The number of hydrogen-bond donors (Lipinski definition) is 0. The lowest BCUT2D eigenvalue weighted by molar-refractivity contribution is 1.22. The average Bonchev–Trinajstić information content (AvgIpc) is 2.30. The Balaban J connectivity index is 2.37. The van der Waals surface area contributed by atoms with Gasteiger partial charge in [-0.2, -0.15) is 0 Å². The molecule has 0 bridgehead atoms. The molecular formula is C12H10Cl2N2. The van der Waals surface area contributed by atoms with Crippen molar-refractivity contribution in [2.24, 2.45) is 0 Å². The number of halogens is 2. The van der Waals surface area contributed by atoms with Gasteiger partial charge in [0.15, 0.2) is 0 Å². The fraction of sp³-hybridized carbons (Fsp3) is 0.167. The van der Waals surface area contributed by atoms with Gasteiger partial charge in [0.05, 0.1) is 5.52 Å². The summed E-state index contributed by atoms with van der Waals surface area (Å²) in [7, 11) is 0. The molecule has 4 heteroatoms. The Morgan fingerprint density at radius 1 is 1.25 bits per heavy atom. The number of rotatable bonds is 3. The van der Waals surface area contributed by atoms with Gasteiger partial charge in [-0.25, -0.2) is 9.97 Å². The Labute approximate surface area is 104 Å². The number of aromatic nitrogens is 2. The zero-order valence-electron chi connectivity index (χ0n) is 8.53. The fourth-order valence-electron chi connectivity index (χ4n) is 1.43. The molecule has 0 unspecified atom stereocenters. The van der Waals surface area contributed by atoms with Crippen LogP contribution in [0.1, 0.15) is 12.0 Å². The molecule has 2 rings (SSSR count). The second-order valence-corrected chi connectivity index (χ2v) is 4.06. The van der Waals surface area contributed by atoms with Crippen molar-refractivity contribution in [3.63, 3.8) is 0 Å². The standard InChI is InChI=1S/C12H10Cl2N2/c13-6-2-1-3-9-4-5-10-11(7-9)15-8-16-12(10)14/h1,3-5,7-8H,2,6H2. The van der Waals surface area contributed by atoms with Crippen LogP contribution in [0.5, 0.6) is 0 Å². The molecule has 0 aliphatic rings. The van der Waals surface area contributed by atoms with E-state index >= 15 is 0 Å². The van der Waals surface area contributed by atoms with Gasteiger partial charge < -0.3 is 0 Å². The van der Waals surface area contributed by atoms with E-state index in [1.165, 1.54) is 6.33 Å². The lowest BCUT2D eigenvalue weighted by Gasteiger charge is -1.99. The number of alkyl halides is 1. The Morgan fingerprint density at radius 3 is 2.94 bits per heavy atom. The summed E-state index contributed by atoms with van der Waals surface area (Å²) in [6.45, 7) is 0. The predicted octanol–water partition coefficient (Wildman–Crippen LogP) is 3.93. The first-order valence-electron chi connectivity index (χ1n) is 4.94. The summed E-state index contributed by atoms with van der Waals surface area (Å²) < 4.78 is 0. The highest BCUT2D eigenvalue weighted by Gasteiger charge is 2.00. The molecule has 0 saturated carbocycles. The van der Waals surface area contributed by atoms with Crippen LogP contribution in [-0.2, 0) is 0 Å². The van der Waals surface area contributed by atoms with Crippen LogP contribution in [0.2, 0.25) is 5.15 Å². The molecule has 0 atom stereocenters. The van der Waals surface area contributed by atoms with Crippen LogP contribution in [0.4, 0.5) is 0 Å². The minimum absolute atomic E-state index is 0.487. The van der Waals surface area contributed by atoms with E-state index < -0.39 is 0 Å². The van der Waals surface area contributed by atoms with Crippen molar-refractivity contribution in [1.29, 1.82) is 0 Å². The summed E-state index contributed by atoms with van der Waals surface area (Å²) in [5.74, 6) is 0.637. The first kappa shape index (κ1) is 11.4. The van der Waals surface area contributed by atoms with Gasteiger partial charge in [-0.3, -0.25) is 0 Å². The molecule has 82 valence electrons. The van der Waals surface area contributed by atoms with Crippen LogP contribution < -0.4 is 0 Å². The van der Waals surface area contributed by atoms with E-state index in [0.717, 1.165) is 22.9 Å². The van der Waals surface area contributed by atoms with E-state index in [2.05, 4.69) is 9.97 Å². The topological polar surface area (TPSA) is 25.8 Å². The van der Waals surface area contributed by atoms with Crippen molar-refractivity contribution in [3.05, 3.63) is 41.3 Å². The van der Waals surface area contributed by atoms with Crippen molar-refractivity contribution >= 4 is 40.2 Å². The zero-order chi connectivity index (χ0) is 11.4. The third-order valence-electron chi connectivity index (χ3n) is 2.20. The Morgan fingerprint density at radius 2 is 2.12 bits per heavy atom. The van der Waals surface area contributed by atoms with Gasteiger partial charge >= 0.3 is 0 Å². The van der Waals surface area contributed by atoms with Crippen LogP contribution in [0.3, 0.4) is 0 Å². The van der Waals surface area contributed by atoms with Gasteiger partial charge in [-0.15, -0.1) is 11.6 Å². The molecular weight excluding hydrogens is 243 g/mol. The van der Waals surface area contributed by atoms with Crippen LogP contribution in [0.25, 0.3) is 17.0 Å². The SMILES string of the molecule is ClCCC=Cc1ccc2c(Cl)ncnc2c1. The van der Waals surface area contributed by atoms with Gasteiger partial charge in [0.25, 0.3) is 0 Å². The summed E-state index contributed by atoms with van der Waals surface area (Å²) in [6, 6.07) is 5.90. The van der Waals surface area contributed by atoms with Crippen molar-refractivity contribution < 1.29 is 0 Å².